The van der Waals surface area contributed by atoms with Crippen molar-refractivity contribution in [3.8, 4) is 0 Å². The molecule has 1 atom stereocenters. The van der Waals surface area contributed by atoms with Crippen molar-refractivity contribution in [3.63, 3.8) is 0 Å². The molecule has 0 bridgehead atoms. The summed E-state index contributed by atoms with van der Waals surface area (Å²) in [7, 11) is 0. The Kier molecular flexibility index (Phi) is 3.74. The van der Waals surface area contributed by atoms with Crippen LogP contribution in [0.1, 0.15) is 25.3 Å². The molecule has 1 heterocycles. The average Bonchev–Trinajstić information content (AvgIpc) is 2.16. The van der Waals surface area contributed by atoms with Crippen LogP contribution in [0.15, 0.2) is 24.5 Å². The van der Waals surface area contributed by atoms with Crippen molar-refractivity contribution in [1.82, 2.24) is 4.98 Å². The molecule has 2 nitrogen and oxygen atoms in total. The summed E-state index contributed by atoms with van der Waals surface area (Å²) in [6.07, 6.45) is 6.86. The van der Waals surface area contributed by atoms with Crippen molar-refractivity contribution in [2.45, 2.75) is 32.2 Å². The quantitative estimate of drug-likeness (QED) is 0.736. The number of nitrogens with zero attached hydrogens (tertiary/aromatic N) is 1. The number of hydrogen-bond acceptors (Lipinski definition) is 2. The summed E-state index contributed by atoms with van der Waals surface area (Å²) in [5.74, 6) is 0. The molecule has 0 saturated carbocycles. The molecule has 1 unspecified atom stereocenters. The minimum Gasteiger partial charge on any atom is -0.328 e. The molecule has 0 aromatic carbocycles. The molecule has 0 radical (unpaired) electrons. The van der Waals surface area contributed by atoms with Crippen molar-refractivity contribution in [1.29, 1.82) is 0 Å². The fourth-order valence-corrected chi connectivity index (χ4v) is 1.10. The second kappa shape index (κ2) is 4.88. The van der Waals surface area contributed by atoms with Crippen LogP contribution in [-0.2, 0) is 6.42 Å². The van der Waals surface area contributed by atoms with Crippen molar-refractivity contribution < 1.29 is 0 Å². The zero-order valence-electron chi connectivity index (χ0n) is 7.53. The number of pyridine rings is 1. The third kappa shape index (κ3) is 3.01. The molecule has 1 rings (SSSR count). The summed E-state index contributed by atoms with van der Waals surface area (Å²) in [5, 5.41) is 0. The van der Waals surface area contributed by atoms with Crippen LogP contribution in [0.25, 0.3) is 0 Å². The smallest absolute Gasteiger partial charge is 0.0299 e. The van der Waals surface area contributed by atoms with Crippen LogP contribution in [0.2, 0.25) is 0 Å². The number of nitrogens with two attached hydrogens (primary N) is 1. The van der Waals surface area contributed by atoms with Gasteiger partial charge in [-0.1, -0.05) is 13.0 Å². The molecule has 0 aliphatic heterocycles. The molecule has 12 heavy (non-hydrogen) atoms. The van der Waals surface area contributed by atoms with Gasteiger partial charge in [0.1, 0.15) is 0 Å². The summed E-state index contributed by atoms with van der Waals surface area (Å²) < 4.78 is 0. The standard InChI is InChI=1S/C10H16N2/c1-2-10(11)6-5-9-4-3-7-12-8-9/h3-4,7-8,10H,2,5-6,11H2,1H3. The fraction of sp³-hybridized carbons (Fsp3) is 0.500. The Morgan fingerprint density at radius 3 is 3.00 bits per heavy atom. The van der Waals surface area contributed by atoms with E-state index in [-0.39, 0.29) is 0 Å². The van der Waals surface area contributed by atoms with E-state index in [4.69, 9.17) is 5.73 Å². The Morgan fingerprint density at radius 1 is 1.58 bits per heavy atom. The van der Waals surface area contributed by atoms with Gasteiger partial charge in [-0.05, 0) is 30.9 Å². The highest BCUT2D eigenvalue weighted by atomic mass is 14.6. The lowest BCUT2D eigenvalue weighted by molar-refractivity contribution is 0.595. The van der Waals surface area contributed by atoms with Gasteiger partial charge in [0, 0.05) is 18.4 Å². The van der Waals surface area contributed by atoms with E-state index < -0.39 is 0 Å². The topological polar surface area (TPSA) is 38.9 Å². The molecule has 66 valence electrons. The van der Waals surface area contributed by atoms with Crippen molar-refractivity contribution >= 4 is 0 Å². The predicted molar refractivity (Wildman–Crippen MR) is 50.8 cm³/mol. The third-order valence-corrected chi connectivity index (χ3v) is 2.05. The molecular formula is C10H16N2. The summed E-state index contributed by atoms with van der Waals surface area (Å²) in [5.41, 5.74) is 7.08. The Balaban J connectivity index is 2.33. The highest BCUT2D eigenvalue weighted by molar-refractivity contribution is 5.08. The van der Waals surface area contributed by atoms with Crippen molar-refractivity contribution in [2.24, 2.45) is 5.73 Å². The molecule has 1 aromatic rings. The monoisotopic (exact) mass is 164 g/mol. The Bertz CT molecular complexity index is 208. The maximum Gasteiger partial charge on any atom is 0.0299 e. The lowest BCUT2D eigenvalue weighted by Crippen LogP contribution is -2.19. The van der Waals surface area contributed by atoms with Crippen LogP contribution in [0, 0.1) is 0 Å². The Hall–Kier alpha value is -0.890. The summed E-state index contributed by atoms with van der Waals surface area (Å²) in [6, 6.07) is 4.40. The van der Waals surface area contributed by atoms with Crippen LogP contribution < -0.4 is 5.73 Å². The highest BCUT2D eigenvalue weighted by Crippen LogP contribution is 2.03. The summed E-state index contributed by atoms with van der Waals surface area (Å²) >= 11 is 0. The van der Waals surface area contributed by atoms with Gasteiger partial charge in [-0.3, -0.25) is 4.98 Å². The first-order valence-electron chi connectivity index (χ1n) is 4.47. The van der Waals surface area contributed by atoms with Gasteiger partial charge in [-0.25, -0.2) is 0 Å². The Labute approximate surface area is 73.8 Å². The van der Waals surface area contributed by atoms with Crippen LogP contribution in [0.3, 0.4) is 0 Å². The van der Waals surface area contributed by atoms with E-state index in [1.165, 1.54) is 5.56 Å². The molecule has 2 heteroatoms. The minimum absolute atomic E-state index is 0.338. The van der Waals surface area contributed by atoms with E-state index in [1.54, 1.807) is 6.20 Å². The molecular weight excluding hydrogens is 148 g/mol. The van der Waals surface area contributed by atoms with E-state index in [1.807, 2.05) is 12.3 Å². The number of rotatable bonds is 4. The maximum absolute atomic E-state index is 5.80. The molecule has 0 saturated heterocycles. The first kappa shape index (κ1) is 9.20. The third-order valence-electron chi connectivity index (χ3n) is 2.05. The van der Waals surface area contributed by atoms with Gasteiger partial charge in [0.2, 0.25) is 0 Å². The number of aryl methyl sites for hydroxylation is 1. The van der Waals surface area contributed by atoms with Crippen LogP contribution >= 0.6 is 0 Å². The van der Waals surface area contributed by atoms with Gasteiger partial charge in [-0.2, -0.15) is 0 Å². The molecule has 0 aliphatic rings. The zero-order chi connectivity index (χ0) is 8.81. The second-order valence-corrected chi connectivity index (χ2v) is 3.07. The first-order chi connectivity index (χ1) is 5.83. The molecule has 0 amide bonds. The van der Waals surface area contributed by atoms with E-state index in [2.05, 4.69) is 18.0 Å². The maximum atomic E-state index is 5.80. The second-order valence-electron chi connectivity index (χ2n) is 3.07. The van der Waals surface area contributed by atoms with Gasteiger partial charge in [0.25, 0.3) is 0 Å². The molecule has 0 aliphatic carbocycles. The first-order valence-corrected chi connectivity index (χ1v) is 4.47. The molecule has 0 spiro atoms. The van der Waals surface area contributed by atoms with Gasteiger partial charge in [0.15, 0.2) is 0 Å². The number of aromatic nitrogens is 1. The molecule has 0 fully saturated rings. The van der Waals surface area contributed by atoms with Gasteiger partial charge in [-0.15, -0.1) is 0 Å². The summed E-state index contributed by atoms with van der Waals surface area (Å²) in [6.45, 7) is 2.12. The summed E-state index contributed by atoms with van der Waals surface area (Å²) in [4.78, 5) is 4.05. The van der Waals surface area contributed by atoms with Gasteiger partial charge >= 0.3 is 0 Å². The van der Waals surface area contributed by atoms with Crippen LogP contribution in [0.4, 0.5) is 0 Å². The average molecular weight is 164 g/mol. The minimum atomic E-state index is 0.338. The van der Waals surface area contributed by atoms with E-state index in [9.17, 15) is 0 Å². The van der Waals surface area contributed by atoms with E-state index in [0.717, 1.165) is 19.3 Å². The van der Waals surface area contributed by atoms with Crippen molar-refractivity contribution in [3.05, 3.63) is 30.1 Å². The molecule has 2 N–H and O–H groups in total. The Morgan fingerprint density at radius 2 is 2.42 bits per heavy atom. The lowest BCUT2D eigenvalue weighted by Gasteiger charge is -2.07. The van der Waals surface area contributed by atoms with E-state index in [0.29, 0.717) is 6.04 Å². The normalized spacial score (nSPS) is 12.8. The molecule has 1 aromatic heterocycles. The number of hydrogen-bond donors (Lipinski definition) is 1. The SMILES string of the molecule is CCC(N)CCc1cccnc1. The van der Waals surface area contributed by atoms with E-state index >= 15 is 0 Å². The van der Waals surface area contributed by atoms with Crippen LogP contribution in [-0.4, -0.2) is 11.0 Å². The zero-order valence-corrected chi connectivity index (χ0v) is 7.53. The fourth-order valence-electron chi connectivity index (χ4n) is 1.10. The largest absolute Gasteiger partial charge is 0.328 e. The van der Waals surface area contributed by atoms with Crippen molar-refractivity contribution in [2.75, 3.05) is 0 Å². The predicted octanol–water partition coefficient (Wildman–Crippen LogP) is 1.75. The van der Waals surface area contributed by atoms with Gasteiger partial charge < -0.3 is 5.73 Å². The van der Waals surface area contributed by atoms with Crippen LogP contribution in [0.5, 0.6) is 0 Å². The highest BCUT2D eigenvalue weighted by Gasteiger charge is 1.99. The lowest BCUT2D eigenvalue weighted by atomic mass is 10.1. The van der Waals surface area contributed by atoms with Gasteiger partial charge in [0.05, 0.1) is 0 Å².